The van der Waals surface area contributed by atoms with E-state index in [9.17, 15) is 20.1 Å². The lowest BCUT2D eigenvalue weighted by Crippen LogP contribution is -2.55. The average molecular weight is 478 g/mol. The highest BCUT2D eigenvalue weighted by Crippen LogP contribution is 2.64. The molecular formula is C29H35NO5. The van der Waals surface area contributed by atoms with Crippen molar-refractivity contribution in [3.8, 4) is 17.2 Å². The molecule has 2 aromatic rings. The minimum Gasteiger partial charge on any atom is -0.508 e. The summed E-state index contributed by atoms with van der Waals surface area (Å²) in [6, 6.07) is 10.7. The number of rotatable bonds is 5. The average Bonchev–Trinajstić information content (AvgIpc) is 3.12. The lowest BCUT2D eigenvalue weighted by Gasteiger charge is -2.53. The Labute approximate surface area is 206 Å². The molecule has 0 spiro atoms. The van der Waals surface area contributed by atoms with E-state index in [1.165, 1.54) is 30.4 Å². The van der Waals surface area contributed by atoms with Gasteiger partial charge < -0.3 is 25.4 Å². The third-order valence-electron chi connectivity index (χ3n) is 9.22. The first kappa shape index (κ1) is 23.7. The molecule has 4 unspecified atom stereocenters. The number of carbonyl (C=O) groups is 1. The molecule has 2 fully saturated rings. The van der Waals surface area contributed by atoms with E-state index in [-0.39, 0.29) is 23.6 Å². The van der Waals surface area contributed by atoms with Crippen LogP contribution in [0, 0.1) is 17.3 Å². The van der Waals surface area contributed by atoms with E-state index >= 15 is 0 Å². The number of ether oxygens (including phenoxy) is 1. The van der Waals surface area contributed by atoms with E-state index in [1.807, 2.05) is 6.07 Å². The van der Waals surface area contributed by atoms with Gasteiger partial charge in [-0.05, 0) is 103 Å². The number of phenols is 2. The Morgan fingerprint density at radius 3 is 2.77 bits per heavy atom. The zero-order valence-electron chi connectivity index (χ0n) is 20.5. The molecule has 0 aromatic heterocycles. The number of aromatic hydroxyl groups is 2. The second kappa shape index (κ2) is 8.90. The number of aryl methyl sites for hydroxylation is 1. The SMILES string of the molecule is COc1cc(/C=C/C(=O)NC[C@]2(O)CCC3C4CCc5cc(O)ccc5C4CCC32C)ccc1O. The lowest BCUT2D eigenvalue weighted by atomic mass is 9.53. The summed E-state index contributed by atoms with van der Waals surface area (Å²) in [7, 11) is 1.48. The van der Waals surface area contributed by atoms with Gasteiger partial charge >= 0.3 is 0 Å². The topological polar surface area (TPSA) is 99.0 Å². The van der Waals surface area contributed by atoms with E-state index in [2.05, 4.69) is 18.3 Å². The van der Waals surface area contributed by atoms with Gasteiger partial charge in [-0.2, -0.15) is 0 Å². The maximum Gasteiger partial charge on any atom is 0.244 e. The molecular weight excluding hydrogens is 442 g/mol. The fraction of sp³-hybridized carbons (Fsp3) is 0.483. The van der Waals surface area contributed by atoms with Crippen LogP contribution in [-0.4, -0.2) is 40.5 Å². The van der Waals surface area contributed by atoms with Crippen LogP contribution in [-0.2, 0) is 11.2 Å². The lowest BCUT2D eigenvalue weighted by molar-refractivity contribution is -0.123. The van der Waals surface area contributed by atoms with Crippen molar-refractivity contribution in [3.63, 3.8) is 0 Å². The molecule has 6 nitrogen and oxygen atoms in total. The maximum atomic E-state index is 12.6. The van der Waals surface area contributed by atoms with Crippen molar-refractivity contribution in [1.29, 1.82) is 0 Å². The molecule has 2 saturated carbocycles. The molecule has 2 aromatic carbocycles. The number of benzene rings is 2. The zero-order chi connectivity index (χ0) is 24.8. The second-order valence-corrected chi connectivity index (χ2v) is 10.8. The quantitative estimate of drug-likeness (QED) is 0.475. The van der Waals surface area contributed by atoms with Crippen molar-refractivity contribution < 1.29 is 24.9 Å². The van der Waals surface area contributed by atoms with Gasteiger partial charge in [-0.25, -0.2) is 0 Å². The summed E-state index contributed by atoms with van der Waals surface area (Å²) in [4.78, 5) is 12.6. The van der Waals surface area contributed by atoms with Crippen molar-refractivity contribution >= 4 is 12.0 Å². The van der Waals surface area contributed by atoms with Gasteiger partial charge in [-0.3, -0.25) is 4.79 Å². The molecule has 0 saturated heterocycles. The highest BCUT2D eigenvalue weighted by atomic mass is 16.5. The minimum atomic E-state index is -0.927. The van der Waals surface area contributed by atoms with Crippen molar-refractivity contribution in [2.75, 3.05) is 13.7 Å². The summed E-state index contributed by atoms with van der Waals surface area (Å²) in [6.07, 6.45) is 8.79. The van der Waals surface area contributed by atoms with Crippen LogP contribution >= 0.6 is 0 Å². The van der Waals surface area contributed by atoms with Crippen molar-refractivity contribution in [2.24, 2.45) is 17.3 Å². The number of amides is 1. The molecule has 3 aliphatic carbocycles. The van der Waals surface area contributed by atoms with E-state index in [0.29, 0.717) is 35.7 Å². The number of nitrogens with one attached hydrogen (secondary N) is 1. The Hall–Kier alpha value is -2.99. The number of hydrogen-bond donors (Lipinski definition) is 4. The fourth-order valence-corrected chi connectivity index (χ4v) is 7.23. The van der Waals surface area contributed by atoms with Crippen LogP contribution in [0.15, 0.2) is 42.5 Å². The number of methoxy groups -OCH3 is 1. The van der Waals surface area contributed by atoms with Crippen molar-refractivity contribution in [2.45, 2.75) is 57.0 Å². The van der Waals surface area contributed by atoms with Crippen LogP contribution in [0.2, 0.25) is 0 Å². The van der Waals surface area contributed by atoms with E-state index < -0.39 is 5.60 Å². The van der Waals surface area contributed by atoms with Crippen LogP contribution < -0.4 is 10.1 Å². The fourth-order valence-electron chi connectivity index (χ4n) is 7.23. The van der Waals surface area contributed by atoms with Gasteiger partial charge in [0.15, 0.2) is 11.5 Å². The molecule has 0 bridgehead atoms. The highest BCUT2D eigenvalue weighted by molar-refractivity contribution is 5.91. The third-order valence-corrected chi connectivity index (χ3v) is 9.22. The second-order valence-electron chi connectivity index (χ2n) is 10.8. The normalized spacial score (nSPS) is 31.5. The summed E-state index contributed by atoms with van der Waals surface area (Å²) in [6.45, 7) is 2.46. The smallest absolute Gasteiger partial charge is 0.244 e. The van der Waals surface area contributed by atoms with Crippen LogP contribution in [0.3, 0.4) is 0 Å². The summed E-state index contributed by atoms with van der Waals surface area (Å²) in [5.41, 5.74) is 2.23. The van der Waals surface area contributed by atoms with Crippen LogP contribution in [0.4, 0.5) is 0 Å². The number of carbonyl (C=O) groups excluding carboxylic acids is 1. The summed E-state index contributed by atoms with van der Waals surface area (Å²) in [5.74, 6) is 1.92. The van der Waals surface area contributed by atoms with Gasteiger partial charge in [0.05, 0.1) is 12.7 Å². The summed E-state index contributed by atoms with van der Waals surface area (Å²) in [5, 5.41) is 34.4. The molecule has 0 heterocycles. The number of aliphatic hydroxyl groups is 1. The monoisotopic (exact) mass is 477 g/mol. The molecule has 3 aliphatic rings. The first-order chi connectivity index (χ1) is 16.7. The Kier molecular flexibility index (Phi) is 6.04. The maximum absolute atomic E-state index is 12.6. The first-order valence-corrected chi connectivity index (χ1v) is 12.6. The number of fused-ring (bicyclic) bond motifs is 5. The van der Waals surface area contributed by atoms with Crippen LogP contribution in [0.5, 0.6) is 17.2 Å². The van der Waals surface area contributed by atoms with Crippen molar-refractivity contribution in [3.05, 3.63) is 59.2 Å². The van der Waals surface area contributed by atoms with Crippen molar-refractivity contribution in [1.82, 2.24) is 5.32 Å². The molecule has 6 heteroatoms. The molecule has 0 aliphatic heterocycles. The van der Waals surface area contributed by atoms with Gasteiger partial charge in [-0.15, -0.1) is 0 Å². The molecule has 5 rings (SSSR count). The van der Waals surface area contributed by atoms with Gasteiger partial charge in [0.2, 0.25) is 5.91 Å². The van der Waals surface area contributed by atoms with Gasteiger partial charge in [0.25, 0.3) is 0 Å². The summed E-state index contributed by atoms with van der Waals surface area (Å²) >= 11 is 0. The zero-order valence-corrected chi connectivity index (χ0v) is 20.5. The predicted octanol–water partition coefficient (Wildman–Crippen LogP) is 4.52. The molecule has 1 amide bonds. The Morgan fingerprint density at radius 2 is 1.97 bits per heavy atom. The Bertz CT molecular complexity index is 1160. The number of hydrogen-bond acceptors (Lipinski definition) is 5. The molecule has 5 atom stereocenters. The molecule has 4 N–H and O–H groups in total. The third kappa shape index (κ3) is 4.08. The van der Waals surface area contributed by atoms with E-state index in [4.69, 9.17) is 4.74 Å². The Balaban J connectivity index is 1.26. The largest absolute Gasteiger partial charge is 0.508 e. The first-order valence-electron chi connectivity index (χ1n) is 12.6. The molecule has 0 radical (unpaired) electrons. The highest BCUT2D eigenvalue weighted by Gasteiger charge is 2.61. The Morgan fingerprint density at radius 1 is 1.14 bits per heavy atom. The van der Waals surface area contributed by atoms with Crippen LogP contribution in [0.1, 0.15) is 61.6 Å². The summed E-state index contributed by atoms with van der Waals surface area (Å²) < 4.78 is 5.12. The van der Waals surface area contributed by atoms with E-state index in [1.54, 1.807) is 24.3 Å². The van der Waals surface area contributed by atoms with Gasteiger partial charge in [0, 0.05) is 18.0 Å². The minimum absolute atomic E-state index is 0.0506. The molecule has 35 heavy (non-hydrogen) atoms. The van der Waals surface area contributed by atoms with Gasteiger partial charge in [0.1, 0.15) is 5.75 Å². The molecule has 186 valence electrons. The number of phenolic OH excluding ortho intramolecular Hbond substituents is 2. The van der Waals surface area contributed by atoms with Gasteiger partial charge in [-0.1, -0.05) is 19.1 Å². The van der Waals surface area contributed by atoms with E-state index in [0.717, 1.165) is 37.7 Å². The standard InChI is InChI=1S/C29H35NO5/c1-28-13-11-22-21-8-6-20(31)16-19(21)5-7-23(22)24(28)12-14-29(28,34)17-30-27(33)10-4-18-3-9-25(32)26(15-18)35-2/h3-4,6,8-10,15-16,22-24,31-32,34H,5,7,11-14,17H2,1-2H3,(H,30,33)/b10-4+/t22?,23?,24?,28?,29-/m1/s1. The van der Waals surface area contributed by atoms with Crippen LogP contribution in [0.25, 0.3) is 6.08 Å². The predicted molar refractivity (Wildman–Crippen MR) is 134 cm³/mol.